The lowest BCUT2D eigenvalue weighted by Gasteiger charge is -1.89. The third kappa shape index (κ3) is 28.9. The number of carboxylic acids is 1. The molecule has 0 atom stereocenters. The zero-order valence-electron chi connectivity index (χ0n) is 6.36. The average Bonchev–Trinajstić information content (AvgIpc) is 1.89. The first kappa shape index (κ1) is 12.3. The molecule has 0 fully saturated rings. The third-order valence-corrected chi connectivity index (χ3v) is 0.448. The molecule has 11 heavy (non-hydrogen) atoms. The van der Waals surface area contributed by atoms with Crippen molar-refractivity contribution in [2.75, 3.05) is 6.61 Å². The van der Waals surface area contributed by atoms with Crippen molar-refractivity contribution in [2.45, 2.75) is 13.8 Å². The number of rotatable bonds is 2. The highest BCUT2D eigenvalue weighted by Gasteiger charge is 1.81. The van der Waals surface area contributed by atoms with Gasteiger partial charge in [-0.25, -0.2) is 4.79 Å². The maximum atomic E-state index is 9.82. The number of carbonyl (C=O) groups excluding carboxylic acids is 2. The second-order valence-electron chi connectivity index (χ2n) is 1.38. The molecule has 0 aromatic rings. The van der Waals surface area contributed by atoms with Crippen molar-refractivity contribution in [1.82, 2.24) is 0 Å². The van der Waals surface area contributed by atoms with E-state index in [-0.39, 0.29) is 12.3 Å². The number of ether oxygens (including phenoxy) is 1. The first-order valence-electron chi connectivity index (χ1n) is 2.86. The predicted molar refractivity (Wildman–Crippen MR) is 36.0 cm³/mol. The molecule has 0 aliphatic carbocycles. The fraction of sp³-hybridized carbons (Fsp3) is 0.500. The van der Waals surface area contributed by atoms with Crippen LogP contribution in [0.4, 0.5) is 0 Å². The zero-order chi connectivity index (χ0) is 9.28. The zero-order valence-corrected chi connectivity index (χ0v) is 6.36. The van der Waals surface area contributed by atoms with E-state index in [1.807, 2.05) is 0 Å². The van der Waals surface area contributed by atoms with E-state index >= 15 is 0 Å². The predicted octanol–water partition coefficient (Wildman–Crippen LogP) is -0.161. The van der Waals surface area contributed by atoms with Gasteiger partial charge in [0.25, 0.3) is 0 Å². The molecule has 0 aromatic heterocycles. The molecule has 0 bridgehead atoms. The molecular formula is C6H10O5. The van der Waals surface area contributed by atoms with Gasteiger partial charge in [-0.05, 0) is 6.92 Å². The summed E-state index contributed by atoms with van der Waals surface area (Å²) in [6, 6.07) is 0. The van der Waals surface area contributed by atoms with E-state index in [1.165, 1.54) is 6.92 Å². The van der Waals surface area contributed by atoms with Crippen LogP contribution >= 0.6 is 0 Å². The van der Waals surface area contributed by atoms with Crippen LogP contribution in [0.25, 0.3) is 0 Å². The largest absolute Gasteiger partial charge is 0.476 e. The summed E-state index contributed by atoms with van der Waals surface area (Å²) in [5.74, 6) is -1.64. The van der Waals surface area contributed by atoms with Gasteiger partial charge in [-0.15, -0.1) is 0 Å². The molecule has 0 heterocycles. The third-order valence-electron chi connectivity index (χ3n) is 0.448. The second kappa shape index (κ2) is 8.61. The molecule has 0 rings (SSSR count). The fourth-order valence-electron chi connectivity index (χ4n) is 0.203. The molecule has 5 heteroatoms. The SMILES string of the molecule is CCOC(C)=O.O=CC(=O)O. The Labute approximate surface area is 64.0 Å². The summed E-state index contributed by atoms with van der Waals surface area (Å²) in [5.41, 5.74) is 0. The number of hydrogen-bond acceptors (Lipinski definition) is 4. The summed E-state index contributed by atoms with van der Waals surface area (Å²) in [6.45, 7) is 3.65. The summed E-state index contributed by atoms with van der Waals surface area (Å²) >= 11 is 0. The van der Waals surface area contributed by atoms with E-state index in [1.54, 1.807) is 6.92 Å². The van der Waals surface area contributed by atoms with Gasteiger partial charge in [-0.2, -0.15) is 0 Å². The Morgan fingerprint density at radius 1 is 1.55 bits per heavy atom. The van der Waals surface area contributed by atoms with Crippen LogP contribution in [-0.2, 0) is 19.1 Å². The Bertz CT molecular complexity index is 140. The normalized spacial score (nSPS) is 7.09. The Balaban J connectivity index is 0. The fourth-order valence-corrected chi connectivity index (χ4v) is 0.203. The Morgan fingerprint density at radius 3 is 1.91 bits per heavy atom. The molecule has 0 amide bonds. The molecule has 64 valence electrons. The minimum Gasteiger partial charge on any atom is -0.476 e. The maximum absolute atomic E-state index is 9.82. The van der Waals surface area contributed by atoms with Gasteiger partial charge < -0.3 is 9.84 Å². The molecular weight excluding hydrogens is 152 g/mol. The number of esters is 1. The molecule has 1 N–H and O–H groups in total. The summed E-state index contributed by atoms with van der Waals surface area (Å²) in [7, 11) is 0. The van der Waals surface area contributed by atoms with E-state index in [0.29, 0.717) is 6.61 Å². The van der Waals surface area contributed by atoms with Crippen LogP contribution in [0.2, 0.25) is 0 Å². The van der Waals surface area contributed by atoms with E-state index in [2.05, 4.69) is 4.74 Å². The number of aldehydes is 1. The Hall–Kier alpha value is -1.39. The molecule has 0 saturated heterocycles. The van der Waals surface area contributed by atoms with Gasteiger partial charge in [0.05, 0.1) is 6.61 Å². The Morgan fingerprint density at radius 2 is 1.91 bits per heavy atom. The average molecular weight is 162 g/mol. The van der Waals surface area contributed by atoms with Gasteiger partial charge >= 0.3 is 11.9 Å². The van der Waals surface area contributed by atoms with Crippen LogP contribution in [0, 0.1) is 0 Å². The monoisotopic (exact) mass is 162 g/mol. The number of carboxylic acid groups (broad SMARTS) is 1. The maximum Gasteiger partial charge on any atom is 0.368 e. The lowest BCUT2D eigenvalue weighted by Crippen LogP contribution is -1.95. The van der Waals surface area contributed by atoms with Crippen LogP contribution in [-0.4, -0.2) is 29.9 Å². The smallest absolute Gasteiger partial charge is 0.368 e. The van der Waals surface area contributed by atoms with Crippen molar-refractivity contribution in [3.05, 3.63) is 0 Å². The van der Waals surface area contributed by atoms with Crippen molar-refractivity contribution in [2.24, 2.45) is 0 Å². The molecule has 0 saturated carbocycles. The first-order valence-corrected chi connectivity index (χ1v) is 2.86. The van der Waals surface area contributed by atoms with Gasteiger partial charge in [0, 0.05) is 6.92 Å². The topological polar surface area (TPSA) is 80.7 Å². The molecule has 0 aliphatic heterocycles. The quantitative estimate of drug-likeness (QED) is 0.346. The molecule has 5 nitrogen and oxygen atoms in total. The molecule has 0 aromatic carbocycles. The highest BCUT2D eigenvalue weighted by atomic mass is 16.5. The van der Waals surface area contributed by atoms with E-state index in [0.717, 1.165) is 0 Å². The first-order chi connectivity index (χ1) is 5.04. The second-order valence-corrected chi connectivity index (χ2v) is 1.38. The van der Waals surface area contributed by atoms with Gasteiger partial charge in [0.2, 0.25) is 6.29 Å². The van der Waals surface area contributed by atoms with Crippen LogP contribution < -0.4 is 0 Å². The van der Waals surface area contributed by atoms with E-state index < -0.39 is 5.97 Å². The van der Waals surface area contributed by atoms with Crippen LogP contribution in [0.3, 0.4) is 0 Å². The number of hydrogen-bond donors (Lipinski definition) is 1. The lowest BCUT2D eigenvalue weighted by atomic mass is 10.8. The Kier molecular flexibility index (Phi) is 9.63. The summed E-state index contributed by atoms with van der Waals surface area (Å²) < 4.78 is 4.40. The lowest BCUT2D eigenvalue weighted by molar-refractivity contribution is -0.143. The minimum absolute atomic E-state index is 0.167. The van der Waals surface area contributed by atoms with E-state index in [9.17, 15) is 4.79 Å². The van der Waals surface area contributed by atoms with Crippen molar-refractivity contribution in [3.8, 4) is 0 Å². The molecule has 0 unspecified atom stereocenters. The van der Waals surface area contributed by atoms with Crippen molar-refractivity contribution in [1.29, 1.82) is 0 Å². The minimum atomic E-state index is -1.43. The van der Waals surface area contributed by atoms with Gasteiger partial charge in [-0.3, -0.25) is 9.59 Å². The summed E-state index contributed by atoms with van der Waals surface area (Å²) in [6.07, 6.45) is -0.167. The van der Waals surface area contributed by atoms with E-state index in [4.69, 9.17) is 14.7 Å². The van der Waals surface area contributed by atoms with Gasteiger partial charge in [0.15, 0.2) is 0 Å². The molecule has 0 radical (unpaired) electrons. The van der Waals surface area contributed by atoms with Crippen LogP contribution in [0.15, 0.2) is 0 Å². The van der Waals surface area contributed by atoms with Crippen molar-refractivity contribution in [3.63, 3.8) is 0 Å². The van der Waals surface area contributed by atoms with Crippen molar-refractivity contribution < 1.29 is 24.2 Å². The highest BCUT2D eigenvalue weighted by Crippen LogP contribution is 1.69. The molecule has 0 spiro atoms. The van der Waals surface area contributed by atoms with Crippen molar-refractivity contribution >= 4 is 18.2 Å². The molecule has 0 aliphatic rings. The standard InChI is InChI=1S/C4H8O2.C2H2O3/c1-3-6-4(2)5;3-1-2(4)5/h3H2,1-2H3;1H,(H,4,5). The van der Waals surface area contributed by atoms with Gasteiger partial charge in [-0.1, -0.05) is 0 Å². The number of aliphatic carboxylic acids is 1. The number of carbonyl (C=O) groups is 3. The highest BCUT2D eigenvalue weighted by molar-refractivity contribution is 6.19. The summed E-state index contributed by atoms with van der Waals surface area (Å²) in [5, 5.41) is 7.35. The van der Waals surface area contributed by atoms with Gasteiger partial charge in [0.1, 0.15) is 0 Å². The van der Waals surface area contributed by atoms with Crippen LogP contribution in [0.1, 0.15) is 13.8 Å². The summed E-state index contributed by atoms with van der Waals surface area (Å²) in [4.78, 5) is 27.7. The van der Waals surface area contributed by atoms with Crippen LogP contribution in [0.5, 0.6) is 0 Å².